The topological polar surface area (TPSA) is 94.9 Å². The first-order chi connectivity index (χ1) is 14.3. The molecule has 0 bridgehead atoms. The summed E-state index contributed by atoms with van der Waals surface area (Å²) < 4.78 is 41.3. The highest BCUT2D eigenvalue weighted by molar-refractivity contribution is 7.18. The molecule has 10 heteroatoms. The number of rotatable bonds is 6. The number of carbonyl (C=O) groups excluding carboxylic acids is 2. The zero-order valence-electron chi connectivity index (χ0n) is 15.4. The first-order valence-electron chi connectivity index (χ1n) is 8.74. The number of fused-ring (bicyclic) bond motifs is 1. The standard InChI is InChI=1S/C20H15F3N4O2S/c21-20(22,23)14-9-15-16(8-13(14)12-4-2-1-3-5-12)30-19(27-15)10-17(28)26-11-18(29)25-7-6-24/h1-5,8-9H,7,10-11H2,(H,25,29)(H,26,28). The lowest BCUT2D eigenvalue weighted by Gasteiger charge is -2.13. The van der Waals surface area contributed by atoms with Crippen LogP contribution in [0.15, 0.2) is 42.5 Å². The Morgan fingerprint density at radius 3 is 2.50 bits per heavy atom. The summed E-state index contributed by atoms with van der Waals surface area (Å²) in [5.74, 6) is -1.02. The van der Waals surface area contributed by atoms with Crippen LogP contribution in [0.4, 0.5) is 13.2 Å². The van der Waals surface area contributed by atoms with Crippen molar-refractivity contribution in [2.45, 2.75) is 12.6 Å². The first kappa shape index (κ1) is 21.3. The van der Waals surface area contributed by atoms with Gasteiger partial charge in [-0.25, -0.2) is 4.98 Å². The Labute approximate surface area is 173 Å². The summed E-state index contributed by atoms with van der Waals surface area (Å²) in [5.41, 5.74) is -0.162. The summed E-state index contributed by atoms with van der Waals surface area (Å²) in [6.45, 7) is -0.473. The average Bonchev–Trinajstić information content (AvgIpc) is 3.11. The van der Waals surface area contributed by atoms with Crippen molar-refractivity contribution in [3.8, 4) is 17.2 Å². The smallest absolute Gasteiger partial charge is 0.347 e. The molecule has 0 saturated carbocycles. The molecule has 0 aliphatic carbocycles. The Morgan fingerprint density at radius 2 is 1.83 bits per heavy atom. The number of halogens is 3. The van der Waals surface area contributed by atoms with E-state index in [0.717, 1.165) is 17.4 Å². The lowest BCUT2D eigenvalue weighted by Crippen LogP contribution is -2.37. The largest absolute Gasteiger partial charge is 0.417 e. The molecule has 0 unspecified atom stereocenters. The van der Waals surface area contributed by atoms with Crippen molar-refractivity contribution in [3.05, 3.63) is 53.0 Å². The molecule has 3 rings (SSSR count). The Hall–Kier alpha value is -3.45. The van der Waals surface area contributed by atoms with E-state index in [1.54, 1.807) is 36.4 Å². The van der Waals surface area contributed by atoms with Crippen LogP contribution in [0.2, 0.25) is 0 Å². The quantitative estimate of drug-likeness (QED) is 0.585. The maximum Gasteiger partial charge on any atom is 0.417 e. The van der Waals surface area contributed by atoms with Crippen molar-refractivity contribution in [2.24, 2.45) is 0 Å². The molecule has 6 nitrogen and oxygen atoms in total. The van der Waals surface area contributed by atoms with Gasteiger partial charge in [-0.2, -0.15) is 18.4 Å². The van der Waals surface area contributed by atoms with Crippen LogP contribution < -0.4 is 10.6 Å². The highest BCUT2D eigenvalue weighted by atomic mass is 32.1. The van der Waals surface area contributed by atoms with Gasteiger partial charge in [0.2, 0.25) is 11.8 Å². The zero-order valence-corrected chi connectivity index (χ0v) is 16.2. The Morgan fingerprint density at radius 1 is 1.10 bits per heavy atom. The van der Waals surface area contributed by atoms with E-state index in [9.17, 15) is 22.8 Å². The Bertz CT molecular complexity index is 1120. The van der Waals surface area contributed by atoms with Crippen LogP contribution >= 0.6 is 11.3 Å². The van der Waals surface area contributed by atoms with Gasteiger partial charge < -0.3 is 10.6 Å². The van der Waals surface area contributed by atoms with Gasteiger partial charge in [-0.05, 0) is 23.3 Å². The third-order valence-electron chi connectivity index (χ3n) is 4.08. The fraction of sp³-hybridized carbons (Fsp3) is 0.200. The molecule has 0 saturated heterocycles. The molecule has 0 fully saturated rings. The molecule has 0 aliphatic heterocycles. The SMILES string of the molecule is N#CCNC(=O)CNC(=O)Cc1nc2cc(C(F)(F)F)c(-c3ccccc3)cc2s1. The van der Waals surface area contributed by atoms with Crippen LogP contribution in [0.1, 0.15) is 10.6 Å². The van der Waals surface area contributed by atoms with Crippen molar-refractivity contribution in [1.82, 2.24) is 15.6 Å². The lowest BCUT2D eigenvalue weighted by atomic mass is 9.99. The summed E-state index contributed by atoms with van der Waals surface area (Å²) in [7, 11) is 0. The number of hydrogen-bond donors (Lipinski definition) is 2. The van der Waals surface area contributed by atoms with E-state index in [4.69, 9.17) is 5.26 Å². The minimum Gasteiger partial charge on any atom is -0.347 e. The van der Waals surface area contributed by atoms with Crippen molar-refractivity contribution in [1.29, 1.82) is 5.26 Å². The number of amides is 2. The highest BCUT2D eigenvalue weighted by Crippen LogP contribution is 2.40. The fourth-order valence-electron chi connectivity index (χ4n) is 2.77. The van der Waals surface area contributed by atoms with Gasteiger partial charge in [0, 0.05) is 0 Å². The summed E-state index contributed by atoms with van der Waals surface area (Å²) in [6.07, 6.45) is -4.73. The first-order valence-corrected chi connectivity index (χ1v) is 9.56. The number of nitriles is 1. The molecule has 2 aromatic carbocycles. The maximum absolute atomic E-state index is 13.6. The number of aromatic nitrogens is 1. The fourth-order valence-corrected chi connectivity index (χ4v) is 3.75. The van der Waals surface area contributed by atoms with Crippen molar-refractivity contribution >= 4 is 33.4 Å². The van der Waals surface area contributed by atoms with Crippen LogP contribution in [0, 0.1) is 11.3 Å². The van der Waals surface area contributed by atoms with E-state index < -0.39 is 23.6 Å². The molecule has 154 valence electrons. The number of benzene rings is 2. The van der Waals surface area contributed by atoms with E-state index >= 15 is 0 Å². The number of nitrogens with zero attached hydrogens (tertiary/aromatic N) is 2. The van der Waals surface area contributed by atoms with E-state index in [1.165, 1.54) is 6.07 Å². The predicted octanol–water partition coefficient (Wildman–Crippen LogP) is 3.28. The second-order valence-corrected chi connectivity index (χ2v) is 7.34. The molecule has 0 aliphatic rings. The molecule has 0 atom stereocenters. The summed E-state index contributed by atoms with van der Waals surface area (Å²) in [6, 6.07) is 12.4. The van der Waals surface area contributed by atoms with E-state index in [0.29, 0.717) is 15.3 Å². The van der Waals surface area contributed by atoms with Gasteiger partial charge in [0.05, 0.1) is 34.8 Å². The van der Waals surface area contributed by atoms with Crippen molar-refractivity contribution in [3.63, 3.8) is 0 Å². The molecule has 0 radical (unpaired) electrons. The van der Waals surface area contributed by atoms with Gasteiger partial charge >= 0.3 is 6.18 Å². The van der Waals surface area contributed by atoms with Gasteiger partial charge in [-0.1, -0.05) is 30.3 Å². The second-order valence-electron chi connectivity index (χ2n) is 6.23. The predicted molar refractivity (Wildman–Crippen MR) is 105 cm³/mol. The van der Waals surface area contributed by atoms with Gasteiger partial charge in [0.1, 0.15) is 11.6 Å². The molecule has 0 spiro atoms. The van der Waals surface area contributed by atoms with Crippen molar-refractivity contribution < 1.29 is 22.8 Å². The van der Waals surface area contributed by atoms with E-state index in [2.05, 4.69) is 15.6 Å². The minimum absolute atomic E-state index is 0.0458. The Balaban J connectivity index is 1.83. The van der Waals surface area contributed by atoms with Gasteiger partial charge in [0.15, 0.2) is 0 Å². The number of alkyl halides is 3. The Kier molecular flexibility index (Phi) is 6.32. The molecule has 2 N–H and O–H groups in total. The third-order valence-corrected chi connectivity index (χ3v) is 5.10. The van der Waals surface area contributed by atoms with E-state index in [1.807, 2.05) is 0 Å². The van der Waals surface area contributed by atoms with E-state index in [-0.39, 0.29) is 30.6 Å². The van der Waals surface area contributed by atoms with Crippen molar-refractivity contribution in [2.75, 3.05) is 13.1 Å². The summed E-state index contributed by atoms with van der Waals surface area (Å²) in [5, 5.41) is 13.4. The number of nitrogens with one attached hydrogen (secondary N) is 2. The molecule has 1 heterocycles. The second kappa shape index (κ2) is 8.92. The van der Waals surface area contributed by atoms with Crippen LogP contribution in [0.25, 0.3) is 21.3 Å². The van der Waals surface area contributed by atoms with Gasteiger partial charge in [-0.3, -0.25) is 9.59 Å². The monoisotopic (exact) mass is 432 g/mol. The summed E-state index contributed by atoms with van der Waals surface area (Å²) >= 11 is 1.12. The van der Waals surface area contributed by atoms with Gasteiger partial charge in [0.25, 0.3) is 0 Å². The molecular weight excluding hydrogens is 417 g/mol. The highest BCUT2D eigenvalue weighted by Gasteiger charge is 2.34. The molecule has 1 aromatic heterocycles. The van der Waals surface area contributed by atoms with Crippen LogP contribution in [-0.4, -0.2) is 29.9 Å². The van der Waals surface area contributed by atoms with Gasteiger partial charge in [-0.15, -0.1) is 11.3 Å². The third kappa shape index (κ3) is 5.12. The molecular formula is C20H15F3N4O2S. The van der Waals surface area contributed by atoms with Crippen LogP contribution in [-0.2, 0) is 22.2 Å². The molecule has 2 amide bonds. The molecule has 3 aromatic rings. The summed E-state index contributed by atoms with van der Waals surface area (Å²) in [4.78, 5) is 27.6. The molecule has 30 heavy (non-hydrogen) atoms. The lowest BCUT2D eigenvalue weighted by molar-refractivity contribution is -0.137. The number of hydrogen-bond acceptors (Lipinski definition) is 5. The number of carbonyl (C=O) groups is 2. The minimum atomic E-state index is -4.56. The normalized spacial score (nSPS) is 11.1. The zero-order chi connectivity index (χ0) is 21.7. The van der Waals surface area contributed by atoms with Crippen LogP contribution in [0.5, 0.6) is 0 Å². The van der Waals surface area contributed by atoms with Crippen LogP contribution in [0.3, 0.4) is 0 Å². The average molecular weight is 432 g/mol. The number of thiazole rings is 1. The maximum atomic E-state index is 13.6.